The molecule has 1 aromatic carbocycles. The summed E-state index contributed by atoms with van der Waals surface area (Å²) in [5.41, 5.74) is 2.44. The summed E-state index contributed by atoms with van der Waals surface area (Å²) in [4.78, 5) is 0. The van der Waals surface area contributed by atoms with Crippen molar-refractivity contribution in [2.24, 2.45) is 0 Å². The largest absolute Gasteiger partial charge is 0.310 e. The van der Waals surface area contributed by atoms with Gasteiger partial charge in [-0.3, -0.25) is 0 Å². The Morgan fingerprint density at radius 2 is 2.21 bits per heavy atom. The monoisotopic (exact) mass is 341 g/mol. The molecule has 1 aromatic heterocycles. The minimum absolute atomic E-state index is 0.214. The molecule has 0 aliphatic rings. The first-order valence-electron chi connectivity index (χ1n) is 6.40. The van der Waals surface area contributed by atoms with Crippen molar-refractivity contribution in [3.05, 3.63) is 56.4 Å². The van der Waals surface area contributed by atoms with Gasteiger partial charge in [-0.2, -0.15) is 11.3 Å². The van der Waals surface area contributed by atoms with Gasteiger partial charge >= 0.3 is 0 Å². The first kappa shape index (κ1) is 14.7. The van der Waals surface area contributed by atoms with Crippen LogP contribution in [0.4, 0.5) is 4.39 Å². The van der Waals surface area contributed by atoms with Gasteiger partial charge in [-0.25, -0.2) is 4.39 Å². The van der Waals surface area contributed by atoms with Crippen LogP contribution in [0.5, 0.6) is 0 Å². The predicted molar refractivity (Wildman–Crippen MR) is 83.2 cm³/mol. The van der Waals surface area contributed by atoms with Gasteiger partial charge in [-0.1, -0.05) is 13.0 Å². The molecule has 0 aliphatic heterocycles. The Labute approximate surface area is 126 Å². The molecular formula is C15H17BrFNS. The van der Waals surface area contributed by atoms with E-state index in [2.05, 4.69) is 45.0 Å². The van der Waals surface area contributed by atoms with Crippen LogP contribution in [0.3, 0.4) is 0 Å². The highest BCUT2D eigenvalue weighted by Crippen LogP contribution is 2.24. The van der Waals surface area contributed by atoms with Crippen LogP contribution in [0.2, 0.25) is 0 Å². The number of thiophene rings is 1. The highest BCUT2D eigenvalue weighted by Gasteiger charge is 2.13. The summed E-state index contributed by atoms with van der Waals surface area (Å²) in [7, 11) is 0. The van der Waals surface area contributed by atoms with E-state index in [-0.39, 0.29) is 11.9 Å². The molecule has 0 saturated heterocycles. The fourth-order valence-electron chi connectivity index (χ4n) is 2.00. The lowest BCUT2D eigenvalue weighted by Gasteiger charge is -2.19. The van der Waals surface area contributed by atoms with Gasteiger partial charge in [0.15, 0.2) is 0 Å². The third-order valence-corrected chi connectivity index (χ3v) is 4.35. The molecule has 2 rings (SSSR count). The number of halogens is 2. The van der Waals surface area contributed by atoms with E-state index >= 15 is 0 Å². The molecule has 1 heterocycles. The molecule has 102 valence electrons. The Morgan fingerprint density at radius 3 is 2.84 bits per heavy atom. The second-order valence-corrected chi connectivity index (χ2v) is 6.15. The van der Waals surface area contributed by atoms with Gasteiger partial charge in [-0.05, 0) is 75.4 Å². The van der Waals surface area contributed by atoms with Gasteiger partial charge in [0.05, 0.1) is 4.47 Å². The fraction of sp³-hybridized carbons (Fsp3) is 0.333. The first-order chi connectivity index (χ1) is 9.20. The average molecular weight is 342 g/mol. The molecule has 1 nitrogen and oxygen atoms in total. The molecule has 0 fully saturated rings. The first-order valence-corrected chi connectivity index (χ1v) is 8.13. The van der Waals surface area contributed by atoms with Crippen molar-refractivity contribution in [3.8, 4) is 0 Å². The maximum absolute atomic E-state index is 13.3. The zero-order chi connectivity index (χ0) is 13.7. The van der Waals surface area contributed by atoms with E-state index in [0.717, 1.165) is 24.9 Å². The lowest BCUT2D eigenvalue weighted by atomic mass is 10.0. The molecule has 0 spiro atoms. The fourth-order valence-corrected chi connectivity index (χ4v) is 3.08. The minimum Gasteiger partial charge on any atom is -0.310 e. The van der Waals surface area contributed by atoms with E-state index in [4.69, 9.17) is 0 Å². The van der Waals surface area contributed by atoms with Crippen LogP contribution in [0, 0.1) is 5.82 Å². The second-order valence-electron chi connectivity index (χ2n) is 4.52. The van der Waals surface area contributed by atoms with Crippen LogP contribution in [0.25, 0.3) is 0 Å². The molecule has 1 unspecified atom stereocenters. The quantitative estimate of drug-likeness (QED) is 0.785. The van der Waals surface area contributed by atoms with Crippen LogP contribution in [-0.2, 0) is 6.42 Å². The topological polar surface area (TPSA) is 12.0 Å². The molecule has 0 amide bonds. The molecule has 4 heteroatoms. The van der Waals surface area contributed by atoms with E-state index in [1.54, 1.807) is 11.3 Å². The van der Waals surface area contributed by atoms with Crippen LogP contribution in [0.1, 0.15) is 30.5 Å². The second kappa shape index (κ2) is 7.17. The van der Waals surface area contributed by atoms with Gasteiger partial charge in [-0.15, -0.1) is 0 Å². The number of hydrogen-bond acceptors (Lipinski definition) is 2. The van der Waals surface area contributed by atoms with Crippen LogP contribution >= 0.6 is 27.3 Å². The average Bonchev–Trinajstić information content (AvgIpc) is 2.91. The normalized spacial score (nSPS) is 12.6. The third kappa shape index (κ3) is 4.13. The van der Waals surface area contributed by atoms with E-state index in [1.165, 1.54) is 11.6 Å². The molecule has 0 aliphatic carbocycles. The maximum Gasteiger partial charge on any atom is 0.137 e. The molecular weight excluding hydrogens is 325 g/mol. The van der Waals surface area contributed by atoms with Gasteiger partial charge in [0.1, 0.15) is 5.82 Å². The molecule has 1 atom stereocenters. The summed E-state index contributed by atoms with van der Waals surface area (Å²) < 4.78 is 13.9. The van der Waals surface area contributed by atoms with Crippen molar-refractivity contribution in [1.82, 2.24) is 5.32 Å². The highest BCUT2D eigenvalue weighted by atomic mass is 79.9. The number of benzene rings is 1. The van der Waals surface area contributed by atoms with Gasteiger partial charge in [0.2, 0.25) is 0 Å². The van der Waals surface area contributed by atoms with Crippen LogP contribution < -0.4 is 5.32 Å². The van der Waals surface area contributed by atoms with Crippen LogP contribution in [-0.4, -0.2) is 6.54 Å². The Kier molecular flexibility index (Phi) is 5.55. The predicted octanol–water partition coefficient (Wildman–Crippen LogP) is 4.93. The van der Waals surface area contributed by atoms with Crippen LogP contribution in [0.15, 0.2) is 39.5 Å². The van der Waals surface area contributed by atoms with E-state index in [9.17, 15) is 4.39 Å². The smallest absolute Gasteiger partial charge is 0.137 e. The molecule has 0 radical (unpaired) electrons. The van der Waals surface area contributed by atoms with Crippen molar-refractivity contribution in [3.63, 3.8) is 0 Å². The van der Waals surface area contributed by atoms with Crippen molar-refractivity contribution < 1.29 is 4.39 Å². The molecule has 1 N–H and O–H groups in total. The molecule has 2 aromatic rings. The minimum atomic E-state index is -0.214. The Balaban J connectivity index is 2.18. The highest BCUT2D eigenvalue weighted by molar-refractivity contribution is 9.10. The van der Waals surface area contributed by atoms with Crippen molar-refractivity contribution in [2.75, 3.05) is 6.54 Å². The lowest BCUT2D eigenvalue weighted by molar-refractivity contribution is 0.527. The Hall–Kier alpha value is -0.710. The standard InChI is InChI=1S/C15H17BrFNS/c1-2-6-18-15(8-11-5-7-19-10-11)12-3-4-14(17)13(16)9-12/h3-5,7,9-10,15,18H,2,6,8H2,1H3. The van der Waals surface area contributed by atoms with Crippen molar-refractivity contribution in [2.45, 2.75) is 25.8 Å². The van der Waals surface area contributed by atoms with Gasteiger partial charge in [0, 0.05) is 6.04 Å². The number of hydrogen-bond donors (Lipinski definition) is 1. The van der Waals surface area contributed by atoms with E-state index < -0.39 is 0 Å². The van der Waals surface area contributed by atoms with E-state index in [0.29, 0.717) is 4.47 Å². The van der Waals surface area contributed by atoms with Crippen molar-refractivity contribution in [1.29, 1.82) is 0 Å². The summed E-state index contributed by atoms with van der Waals surface area (Å²) in [5.74, 6) is -0.214. The molecule has 0 saturated carbocycles. The summed E-state index contributed by atoms with van der Waals surface area (Å²) in [5, 5.41) is 7.79. The van der Waals surface area contributed by atoms with Crippen molar-refractivity contribution >= 4 is 27.3 Å². The Bertz CT molecular complexity index is 513. The summed E-state index contributed by atoms with van der Waals surface area (Å²) in [6.07, 6.45) is 2.02. The summed E-state index contributed by atoms with van der Waals surface area (Å²) in [6.45, 7) is 3.11. The number of nitrogens with one attached hydrogen (secondary N) is 1. The third-order valence-electron chi connectivity index (χ3n) is 3.01. The lowest BCUT2D eigenvalue weighted by Crippen LogP contribution is -2.24. The zero-order valence-corrected chi connectivity index (χ0v) is 13.2. The van der Waals surface area contributed by atoms with Gasteiger partial charge in [0.25, 0.3) is 0 Å². The summed E-state index contributed by atoms with van der Waals surface area (Å²) in [6, 6.07) is 7.62. The Morgan fingerprint density at radius 1 is 1.37 bits per heavy atom. The SMILES string of the molecule is CCCNC(Cc1ccsc1)c1ccc(F)c(Br)c1. The molecule has 19 heavy (non-hydrogen) atoms. The van der Waals surface area contributed by atoms with E-state index in [1.807, 2.05) is 12.1 Å². The summed E-state index contributed by atoms with van der Waals surface area (Å²) >= 11 is 4.97. The number of rotatable bonds is 6. The van der Waals surface area contributed by atoms with Gasteiger partial charge < -0.3 is 5.32 Å². The zero-order valence-electron chi connectivity index (χ0n) is 10.8. The molecule has 0 bridgehead atoms. The maximum atomic E-state index is 13.3.